The van der Waals surface area contributed by atoms with E-state index in [-0.39, 0.29) is 10.6 Å². The maximum atomic E-state index is 12.4. The smallest absolute Gasteiger partial charge is 0.339 e. The summed E-state index contributed by atoms with van der Waals surface area (Å²) in [6.45, 7) is 0. The van der Waals surface area contributed by atoms with Gasteiger partial charge in [-0.15, -0.1) is 0 Å². The van der Waals surface area contributed by atoms with E-state index in [2.05, 4.69) is 15.8 Å². The number of hydrogen-bond donors (Lipinski definition) is 2. The quantitative estimate of drug-likeness (QED) is 0.278. The third kappa shape index (κ3) is 5.38. The molecule has 0 aromatic heterocycles. The van der Waals surface area contributed by atoms with E-state index in [9.17, 15) is 8.42 Å². The number of para-hydroxylation sites is 2. The Balaban J connectivity index is 1.68. The van der Waals surface area contributed by atoms with Crippen molar-refractivity contribution in [3.8, 4) is 5.75 Å². The van der Waals surface area contributed by atoms with E-state index in [1.165, 1.54) is 18.3 Å². The van der Waals surface area contributed by atoms with Gasteiger partial charge in [0.1, 0.15) is 4.90 Å². The van der Waals surface area contributed by atoms with Gasteiger partial charge < -0.3 is 9.50 Å². The molecular formula is C20H17N3O3S2. The highest BCUT2D eigenvalue weighted by molar-refractivity contribution is 7.87. The fourth-order valence-corrected chi connectivity index (χ4v) is 3.40. The Labute approximate surface area is 169 Å². The van der Waals surface area contributed by atoms with E-state index in [0.29, 0.717) is 10.7 Å². The van der Waals surface area contributed by atoms with Gasteiger partial charge in [0, 0.05) is 11.3 Å². The van der Waals surface area contributed by atoms with Crippen molar-refractivity contribution >= 4 is 39.4 Å². The Bertz CT molecular complexity index is 1070. The van der Waals surface area contributed by atoms with E-state index >= 15 is 0 Å². The molecule has 3 aromatic rings. The number of thiocarbonyl (C=S) groups is 1. The van der Waals surface area contributed by atoms with Gasteiger partial charge in [-0.2, -0.15) is 13.5 Å². The van der Waals surface area contributed by atoms with Crippen LogP contribution in [0.25, 0.3) is 0 Å². The van der Waals surface area contributed by atoms with Crippen molar-refractivity contribution in [3.05, 3.63) is 90.5 Å². The van der Waals surface area contributed by atoms with Gasteiger partial charge in [-0.05, 0) is 48.6 Å². The van der Waals surface area contributed by atoms with Crippen LogP contribution in [0.15, 0.2) is 94.9 Å². The molecule has 2 N–H and O–H groups in total. The van der Waals surface area contributed by atoms with Crippen LogP contribution in [0, 0.1) is 0 Å². The lowest BCUT2D eigenvalue weighted by Crippen LogP contribution is -2.23. The van der Waals surface area contributed by atoms with Gasteiger partial charge in [0.2, 0.25) is 0 Å². The van der Waals surface area contributed by atoms with E-state index in [0.717, 1.165) is 5.69 Å². The molecule has 3 aromatic carbocycles. The standard InChI is InChI=1S/C20H17N3O3S2/c24-28(25,18-12-5-2-6-13-18)26-19-14-8-7-9-16(19)15-21-23-20(27)22-17-10-3-1-4-11-17/h1-15H,(H2,22,23,27)/b21-15-. The largest absolute Gasteiger partial charge is 0.378 e. The molecule has 142 valence electrons. The van der Waals surface area contributed by atoms with E-state index < -0.39 is 10.1 Å². The number of hydrogen-bond acceptors (Lipinski definition) is 5. The first-order valence-electron chi connectivity index (χ1n) is 8.28. The molecule has 0 amide bonds. The minimum absolute atomic E-state index is 0.0769. The average Bonchev–Trinajstić information content (AvgIpc) is 2.70. The van der Waals surface area contributed by atoms with Crippen LogP contribution in [-0.4, -0.2) is 19.7 Å². The minimum atomic E-state index is -3.94. The van der Waals surface area contributed by atoms with Crippen LogP contribution in [0.3, 0.4) is 0 Å². The maximum absolute atomic E-state index is 12.4. The second-order valence-corrected chi connectivity index (χ2v) is 7.53. The van der Waals surface area contributed by atoms with Gasteiger partial charge in [-0.25, -0.2) is 0 Å². The SMILES string of the molecule is O=S(=O)(Oc1ccccc1/C=N\NC(=S)Nc1ccccc1)c1ccccc1. The molecule has 0 unspecified atom stereocenters. The van der Waals surface area contributed by atoms with Crippen LogP contribution in [-0.2, 0) is 10.1 Å². The molecule has 0 heterocycles. The van der Waals surface area contributed by atoms with Gasteiger partial charge in [0.25, 0.3) is 0 Å². The molecule has 6 nitrogen and oxygen atoms in total. The van der Waals surface area contributed by atoms with E-state index in [1.54, 1.807) is 42.5 Å². The fraction of sp³-hybridized carbons (Fsp3) is 0. The molecule has 0 saturated heterocycles. The van der Waals surface area contributed by atoms with Gasteiger partial charge in [0.15, 0.2) is 10.9 Å². The summed E-state index contributed by atoms with van der Waals surface area (Å²) < 4.78 is 30.1. The number of hydrazone groups is 1. The molecule has 0 bridgehead atoms. The predicted molar refractivity (Wildman–Crippen MR) is 114 cm³/mol. The Hall–Kier alpha value is -3.23. The van der Waals surface area contributed by atoms with Gasteiger partial charge in [-0.1, -0.05) is 48.5 Å². The normalized spacial score (nSPS) is 11.1. The zero-order valence-corrected chi connectivity index (χ0v) is 16.3. The lowest BCUT2D eigenvalue weighted by atomic mass is 10.2. The zero-order chi connectivity index (χ0) is 19.8. The summed E-state index contributed by atoms with van der Waals surface area (Å²) in [5, 5.41) is 7.33. The number of nitrogens with zero attached hydrogens (tertiary/aromatic N) is 1. The molecule has 0 atom stereocenters. The van der Waals surface area contributed by atoms with Gasteiger partial charge in [0.05, 0.1) is 6.21 Å². The first-order chi connectivity index (χ1) is 13.5. The van der Waals surface area contributed by atoms with Crippen molar-refractivity contribution in [3.63, 3.8) is 0 Å². The van der Waals surface area contributed by atoms with Crippen molar-refractivity contribution in [2.75, 3.05) is 5.32 Å². The Morgan fingerprint density at radius 3 is 2.21 bits per heavy atom. The Morgan fingerprint density at radius 1 is 0.893 bits per heavy atom. The van der Waals surface area contributed by atoms with Crippen LogP contribution in [0.5, 0.6) is 5.75 Å². The lowest BCUT2D eigenvalue weighted by Gasteiger charge is -2.09. The third-order valence-corrected chi connectivity index (χ3v) is 4.99. The number of rotatable bonds is 6. The van der Waals surface area contributed by atoms with Crippen molar-refractivity contribution in [1.29, 1.82) is 0 Å². The molecule has 0 aliphatic heterocycles. The Morgan fingerprint density at radius 2 is 1.50 bits per heavy atom. The summed E-state index contributed by atoms with van der Waals surface area (Å²) in [5.41, 5.74) is 4.00. The molecule has 0 aliphatic carbocycles. The van der Waals surface area contributed by atoms with Gasteiger partial charge in [-0.3, -0.25) is 5.43 Å². The summed E-state index contributed by atoms with van der Waals surface area (Å²) in [6, 6.07) is 24.0. The third-order valence-electron chi connectivity index (χ3n) is 3.55. The molecule has 0 aliphatic rings. The summed E-state index contributed by atoms with van der Waals surface area (Å²) in [6.07, 6.45) is 1.44. The first-order valence-corrected chi connectivity index (χ1v) is 10.1. The summed E-state index contributed by atoms with van der Waals surface area (Å²) in [4.78, 5) is 0.0769. The monoisotopic (exact) mass is 411 g/mol. The maximum Gasteiger partial charge on any atom is 0.339 e. The van der Waals surface area contributed by atoms with E-state index in [1.807, 2.05) is 30.3 Å². The molecule has 0 fully saturated rings. The highest BCUT2D eigenvalue weighted by Crippen LogP contribution is 2.21. The van der Waals surface area contributed by atoms with Gasteiger partial charge >= 0.3 is 10.1 Å². The molecule has 0 radical (unpaired) electrons. The first kappa shape index (κ1) is 19.5. The second-order valence-electron chi connectivity index (χ2n) is 5.58. The molecule has 0 spiro atoms. The number of nitrogens with one attached hydrogen (secondary N) is 2. The van der Waals surface area contributed by atoms with Crippen molar-refractivity contribution < 1.29 is 12.6 Å². The summed E-state index contributed by atoms with van der Waals surface area (Å²) in [5.74, 6) is 0.166. The number of benzene rings is 3. The van der Waals surface area contributed by atoms with Crippen molar-refractivity contribution in [2.45, 2.75) is 4.90 Å². The van der Waals surface area contributed by atoms with Crippen molar-refractivity contribution in [2.24, 2.45) is 5.10 Å². The lowest BCUT2D eigenvalue weighted by molar-refractivity contribution is 0.485. The topological polar surface area (TPSA) is 79.8 Å². The predicted octanol–water partition coefficient (Wildman–Crippen LogP) is 3.77. The molecular weight excluding hydrogens is 394 g/mol. The molecule has 8 heteroatoms. The highest BCUT2D eigenvalue weighted by atomic mass is 32.2. The van der Waals surface area contributed by atoms with Crippen LogP contribution < -0.4 is 14.9 Å². The second kappa shape index (κ2) is 9.12. The average molecular weight is 412 g/mol. The molecule has 0 saturated carbocycles. The Kier molecular flexibility index (Phi) is 6.36. The summed E-state index contributed by atoms with van der Waals surface area (Å²) >= 11 is 5.17. The summed E-state index contributed by atoms with van der Waals surface area (Å²) in [7, 11) is -3.94. The van der Waals surface area contributed by atoms with Crippen LogP contribution in [0.1, 0.15) is 5.56 Å². The minimum Gasteiger partial charge on any atom is -0.378 e. The van der Waals surface area contributed by atoms with Crippen LogP contribution in [0.4, 0.5) is 5.69 Å². The van der Waals surface area contributed by atoms with Crippen LogP contribution >= 0.6 is 12.2 Å². The number of anilines is 1. The molecule has 3 rings (SSSR count). The zero-order valence-electron chi connectivity index (χ0n) is 14.6. The molecule has 28 heavy (non-hydrogen) atoms. The highest BCUT2D eigenvalue weighted by Gasteiger charge is 2.17. The fourth-order valence-electron chi connectivity index (χ4n) is 2.26. The van der Waals surface area contributed by atoms with Crippen LogP contribution in [0.2, 0.25) is 0 Å². The van der Waals surface area contributed by atoms with Crippen molar-refractivity contribution in [1.82, 2.24) is 5.43 Å². The van der Waals surface area contributed by atoms with E-state index in [4.69, 9.17) is 16.4 Å².